The number of benzene rings is 3. The van der Waals surface area contributed by atoms with E-state index in [9.17, 15) is 37.8 Å². The second kappa shape index (κ2) is 12.9. The number of phenolic OH excluding ortho intramolecular Hbond substituents is 1. The first-order valence-corrected chi connectivity index (χ1v) is 14.0. The van der Waals surface area contributed by atoms with Gasteiger partial charge in [0.2, 0.25) is 0 Å². The normalized spacial score (nSPS) is 12.6. The molecule has 1 atom stereocenters. The topological polar surface area (TPSA) is 114 Å². The zero-order valence-corrected chi connectivity index (χ0v) is 24.4. The van der Waals surface area contributed by atoms with Crippen molar-refractivity contribution in [2.24, 2.45) is 5.92 Å². The zero-order chi connectivity index (χ0) is 32.2. The van der Waals surface area contributed by atoms with Crippen LogP contribution in [0.5, 0.6) is 5.75 Å². The molecule has 0 amide bonds. The molecule has 2 N–H and O–H groups in total. The minimum atomic E-state index is -4.53. The van der Waals surface area contributed by atoms with Crippen molar-refractivity contribution in [1.29, 1.82) is 0 Å². The van der Waals surface area contributed by atoms with Gasteiger partial charge in [-0.3, -0.25) is 9.59 Å². The van der Waals surface area contributed by atoms with E-state index in [1.54, 1.807) is 32.9 Å². The summed E-state index contributed by atoms with van der Waals surface area (Å²) in [6.45, 7) is 5.29. The van der Waals surface area contributed by atoms with E-state index in [-0.39, 0.29) is 39.9 Å². The maximum atomic E-state index is 13.2. The molecule has 0 unspecified atom stereocenters. The van der Waals surface area contributed by atoms with Gasteiger partial charge in [-0.05, 0) is 99.2 Å². The summed E-state index contributed by atoms with van der Waals surface area (Å²) in [5, 5.41) is 19.7. The van der Waals surface area contributed by atoms with Crippen LogP contribution in [0.2, 0.25) is 0 Å². The third-order valence-corrected chi connectivity index (χ3v) is 6.96. The lowest BCUT2D eigenvalue weighted by molar-refractivity contribution is -0.160. The maximum Gasteiger partial charge on any atom is 0.416 e. The Morgan fingerprint density at radius 3 is 2.23 bits per heavy atom. The number of pyridine rings is 1. The molecule has 0 aliphatic carbocycles. The third kappa shape index (κ3) is 8.21. The summed E-state index contributed by atoms with van der Waals surface area (Å²) in [4.78, 5) is 42.6. The van der Waals surface area contributed by atoms with Gasteiger partial charge in [0.05, 0.1) is 22.6 Å². The van der Waals surface area contributed by atoms with Gasteiger partial charge in [-0.15, -0.1) is 0 Å². The lowest BCUT2D eigenvalue weighted by Crippen LogP contribution is -2.30. The van der Waals surface area contributed by atoms with Crippen LogP contribution < -0.4 is 0 Å². The van der Waals surface area contributed by atoms with Gasteiger partial charge in [0.15, 0.2) is 5.78 Å². The number of hydrogen-bond donors (Lipinski definition) is 2. The van der Waals surface area contributed by atoms with Gasteiger partial charge < -0.3 is 14.9 Å². The van der Waals surface area contributed by atoms with Gasteiger partial charge >= 0.3 is 18.1 Å². The predicted octanol–water partition coefficient (Wildman–Crippen LogP) is 7.88. The Balaban J connectivity index is 1.54. The monoisotopic (exact) mass is 607 g/mol. The van der Waals surface area contributed by atoms with Gasteiger partial charge in [-0.1, -0.05) is 30.3 Å². The molecule has 1 heterocycles. The van der Waals surface area contributed by atoms with Crippen molar-refractivity contribution < 1.29 is 42.5 Å². The molecule has 0 bridgehead atoms. The van der Waals surface area contributed by atoms with Crippen LogP contribution in [0.4, 0.5) is 13.2 Å². The smallest absolute Gasteiger partial charge is 0.416 e. The lowest BCUT2D eigenvalue weighted by Gasteiger charge is -2.24. The van der Waals surface area contributed by atoms with Crippen LogP contribution >= 0.6 is 0 Å². The molecule has 0 radical (unpaired) electrons. The molecular weight excluding hydrogens is 575 g/mol. The number of carboxylic acids is 1. The molecule has 44 heavy (non-hydrogen) atoms. The number of carbonyl (C=O) groups excluding carboxylic acids is 2. The highest BCUT2D eigenvalue weighted by molar-refractivity contribution is 6.07. The van der Waals surface area contributed by atoms with Gasteiger partial charge in [0.1, 0.15) is 17.0 Å². The number of carboxylic acid groups (broad SMARTS) is 1. The molecule has 0 saturated carbocycles. The van der Waals surface area contributed by atoms with Crippen molar-refractivity contribution in [1.82, 2.24) is 4.98 Å². The lowest BCUT2D eigenvalue weighted by atomic mass is 9.92. The number of nitrogens with zero attached hydrogens (tertiary/aromatic N) is 1. The molecule has 4 aromatic rings. The van der Waals surface area contributed by atoms with Crippen LogP contribution in [-0.4, -0.2) is 38.5 Å². The molecule has 0 aliphatic rings. The second-order valence-electron chi connectivity index (χ2n) is 11.6. The SMILES string of the molecule is CC(C)(C)OC(=O)[C@@H](CCCC(=O)c1cc(C(=O)O)c2cc(-c3cccc(C(F)(F)F)c3)ccc2n1)Cc1ccc(O)cc1. The molecule has 0 saturated heterocycles. The van der Waals surface area contributed by atoms with Crippen LogP contribution in [0.1, 0.15) is 72.0 Å². The minimum Gasteiger partial charge on any atom is -0.508 e. The van der Waals surface area contributed by atoms with Gasteiger partial charge in [0.25, 0.3) is 0 Å². The Labute approximate surface area is 252 Å². The molecule has 10 heteroatoms. The molecule has 7 nitrogen and oxygen atoms in total. The van der Waals surface area contributed by atoms with Crippen molar-refractivity contribution in [3.05, 3.63) is 95.2 Å². The molecule has 0 spiro atoms. The van der Waals surface area contributed by atoms with Crippen LogP contribution in [0.15, 0.2) is 72.8 Å². The largest absolute Gasteiger partial charge is 0.508 e. The first kappa shape index (κ1) is 32.2. The van der Waals surface area contributed by atoms with E-state index in [1.165, 1.54) is 48.5 Å². The average molecular weight is 608 g/mol. The number of halogens is 3. The van der Waals surface area contributed by atoms with Crippen molar-refractivity contribution in [3.8, 4) is 16.9 Å². The fourth-order valence-corrected chi connectivity index (χ4v) is 4.84. The zero-order valence-electron chi connectivity index (χ0n) is 24.4. The maximum absolute atomic E-state index is 13.2. The third-order valence-electron chi connectivity index (χ3n) is 6.96. The number of hydrogen-bond acceptors (Lipinski definition) is 6. The summed E-state index contributed by atoms with van der Waals surface area (Å²) < 4.78 is 45.3. The van der Waals surface area contributed by atoms with Gasteiger partial charge in [-0.25, -0.2) is 9.78 Å². The minimum absolute atomic E-state index is 0.00520. The fraction of sp³-hybridized carbons (Fsp3) is 0.294. The summed E-state index contributed by atoms with van der Waals surface area (Å²) in [5.41, 5.74) is -0.146. The molecule has 4 rings (SSSR count). The summed E-state index contributed by atoms with van der Waals surface area (Å²) in [6, 6.07) is 16.8. The van der Waals surface area contributed by atoms with E-state index in [0.717, 1.165) is 17.7 Å². The second-order valence-corrected chi connectivity index (χ2v) is 11.6. The Morgan fingerprint density at radius 2 is 1.59 bits per heavy atom. The van der Waals surface area contributed by atoms with Crippen molar-refractivity contribution >= 4 is 28.6 Å². The van der Waals surface area contributed by atoms with Crippen LogP contribution in [0.3, 0.4) is 0 Å². The number of aromatic hydroxyl groups is 1. The van der Waals surface area contributed by atoms with E-state index in [0.29, 0.717) is 24.8 Å². The van der Waals surface area contributed by atoms with Crippen LogP contribution in [-0.2, 0) is 22.1 Å². The number of aromatic carboxylic acids is 1. The number of fused-ring (bicyclic) bond motifs is 1. The van der Waals surface area contributed by atoms with E-state index in [1.807, 2.05) is 0 Å². The molecule has 0 fully saturated rings. The predicted molar refractivity (Wildman–Crippen MR) is 158 cm³/mol. The molecule has 3 aromatic carbocycles. The van der Waals surface area contributed by atoms with E-state index < -0.39 is 41.0 Å². The first-order chi connectivity index (χ1) is 20.6. The Hall–Kier alpha value is -4.73. The summed E-state index contributed by atoms with van der Waals surface area (Å²) in [7, 11) is 0. The summed E-state index contributed by atoms with van der Waals surface area (Å²) >= 11 is 0. The molecule has 230 valence electrons. The highest BCUT2D eigenvalue weighted by Gasteiger charge is 2.30. The summed E-state index contributed by atoms with van der Waals surface area (Å²) in [5.74, 6) is -2.59. The number of ketones is 1. The Kier molecular flexibility index (Phi) is 9.42. The fourth-order valence-electron chi connectivity index (χ4n) is 4.84. The number of alkyl halides is 3. The highest BCUT2D eigenvalue weighted by Crippen LogP contribution is 2.33. The number of esters is 1. The van der Waals surface area contributed by atoms with Crippen molar-refractivity contribution in [2.45, 2.75) is 58.2 Å². The molecule has 0 aliphatic heterocycles. The number of ether oxygens (including phenoxy) is 1. The Bertz CT molecular complexity index is 1690. The standard InChI is InChI=1S/C34H32F3NO6/c1-33(2,3)44-32(43)23(16-20-10-13-25(39)14-11-20)7-5-9-30(40)29-19-27(31(41)42)26-18-22(12-15-28(26)38-29)21-6-4-8-24(17-21)34(35,36)37/h4,6,8,10-15,17-19,23,39H,5,7,9,16H2,1-3H3,(H,41,42)/t23-/m0/s1. The van der Waals surface area contributed by atoms with Crippen LogP contribution in [0, 0.1) is 5.92 Å². The average Bonchev–Trinajstić information content (AvgIpc) is 2.95. The number of carbonyl (C=O) groups is 3. The number of aromatic nitrogens is 1. The molecular formula is C34H32F3NO6. The Morgan fingerprint density at radius 1 is 0.909 bits per heavy atom. The van der Waals surface area contributed by atoms with Gasteiger partial charge in [0, 0.05) is 11.8 Å². The van der Waals surface area contributed by atoms with Crippen molar-refractivity contribution in [2.75, 3.05) is 0 Å². The quantitative estimate of drug-likeness (QED) is 0.139. The number of rotatable bonds is 10. The number of Topliss-reactive ketones (excluding diaryl/α,β-unsaturated/α-hetero) is 1. The highest BCUT2D eigenvalue weighted by atomic mass is 19.4. The van der Waals surface area contributed by atoms with E-state index in [2.05, 4.69) is 4.98 Å². The van der Waals surface area contributed by atoms with E-state index in [4.69, 9.17) is 4.74 Å². The first-order valence-electron chi connectivity index (χ1n) is 14.0. The number of phenols is 1. The summed E-state index contributed by atoms with van der Waals surface area (Å²) in [6.07, 6.45) is -3.57. The molecule has 1 aromatic heterocycles. The van der Waals surface area contributed by atoms with E-state index >= 15 is 0 Å². The van der Waals surface area contributed by atoms with Gasteiger partial charge in [-0.2, -0.15) is 13.2 Å². The van der Waals surface area contributed by atoms with Crippen LogP contribution in [0.25, 0.3) is 22.0 Å². The van der Waals surface area contributed by atoms with Crippen molar-refractivity contribution in [3.63, 3.8) is 0 Å².